The van der Waals surface area contributed by atoms with Gasteiger partial charge in [-0.2, -0.15) is 0 Å². The highest BCUT2D eigenvalue weighted by Crippen LogP contribution is 2.49. The fraction of sp³-hybridized carbons (Fsp3) is 0.214. The van der Waals surface area contributed by atoms with Gasteiger partial charge in [0.1, 0.15) is 0 Å². The van der Waals surface area contributed by atoms with E-state index in [-0.39, 0.29) is 5.92 Å². The maximum atomic E-state index is 6.33. The molecule has 0 bridgehead atoms. The predicted molar refractivity (Wildman–Crippen MR) is 75.2 cm³/mol. The summed E-state index contributed by atoms with van der Waals surface area (Å²) in [6.45, 7) is 0.638. The van der Waals surface area contributed by atoms with Gasteiger partial charge >= 0.3 is 0 Å². The summed E-state index contributed by atoms with van der Waals surface area (Å²) < 4.78 is 0. The predicted octanol–water partition coefficient (Wildman–Crippen LogP) is 3.85. The number of hydrogen-bond acceptors (Lipinski definition) is 2. The van der Waals surface area contributed by atoms with E-state index in [1.165, 1.54) is 11.1 Å². The lowest BCUT2D eigenvalue weighted by molar-refractivity contribution is 0.740. The molecule has 0 fully saturated rings. The monoisotopic (exact) mass is 278 g/mol. The first-order valence-corrected chi connectivity index (χ1v) is 6.63. The molecular weight excluding hydrogens is 267 g/mol. The minimum atomic E-state index is 0.281. The Morgan fingerprint density at radius 1 is 1.17 bits per heavy atom. The molecule has 1 heterocycles. The SMILES string of the molecule is NCCC1c2cccnc2-c2c1ccc(Cl)c2Cl. The van der Waals surface area contributed by atoms with Gasteiger partial charge in [0, 0.05) is 17.7 Å². The molecule has 0 spiro atoms. The van der Waals surface area contributed by atoms with Gasteiger partial charge in [-0.1, -0.05) is 35.3 Å². The molecule has 1 aromatic carbocycles. The van der Waals surface area contributed by atoms with E-state index in [0.29, 0.717) is 16.6 Å². The molecule has 3 rings (SSSR count). The van der Waals surface area contributed by atoms with Crippen LogP contribution in [0.25, 0.3) is 11.3 Å². The number of benzene rings is 1. The third-order valence-electron chi connectivity index (χ3n) is 3.41. The van der Waals surface area contributed by atoms with Gasteiger partial charge in [0.2, 0.25) is 0 Å². The zero-order valence-electron chi connectivity index (χ0n) is 9.66. The van der Waals surface area contributed by atoms with E-state index in [1.807, 2.05) is 18.2 Å². The zero-order chi connectivity index (χ0) is 12.7. The molecule has 0 aliphatic heterocycles. The van der Waals surface area contributed by atoms with Gasteiger partial charge in [0.15, 0.2) is 0 Å². The van der Waals surface area contributed by atoms with Crippen molar-refractivity contribution in [3.05, 3.63) is 51.6 Å². The molecule has 18 heavy (non-hydrogen) atoms. The molecule has 4 heteroatoms. The Hall–Kier alpha value is -1.09. The second-order valence-electron chi connectivity index (χ2n) is 4.40. The number of rotatable bonds is 2. The second kappa shape index (κ2) is 4.54. The van der Waals surface area contributed by atoms with Crippen LogP contribution in [0.3, 0.4) is 0 Å². The first-order chi connectivity index (χ1) is 8.74. The van der Waals surface area contributed by atoms with Gasteiger partial charge in [-0.3, -0.25) is 4.98 Å². The highest BCUT2D eigenvalue weighted by atomic mass is 35.5. The van der Waals surface area contributed by atoms with Gasteiger partial charge < -0.3 is 5.73 Å². The number of hydrogen-bond donors (Lipinski definition) is 1. The number of nitrogens with two attached hydrogens (primary N) is 1. The number of aromatic nitrogens is 1. The Labute approximate surface area is 116 Å². The lowest BCUT2D eigenvalue weighted by atomic mass is 9.94. The van der Waals surface area contributed by atoms with Crippen LogP contribution in [-0.2, 0) is 0 Å². The van der Waals surface area contributed by atoms with E-state index in [9.17, 15) is 0 Å². The summed E-state index contributed by atoms with van der Waals surface area (Å²) in [5.41, 5.74) is 10.0. The van der Waals surface area contributed by atoms with Crippen molar-refractivity contribution in [2.75, 3.05) is 6.54 Å². The minimum absolute atomic E-state index is 0.281. The van der Waals surface area contributed by atoms with Crippen molar-refractivity contribution in [3.8, 4) is 11.3 Å². The maximum absolute atomic E-state index is 6.33. The summed E-state index contributed by atoms with van der Waals surface area (Å²) in [7, 11) is 0. The molecule has 2 aromatic rings. The van der Waals surface area contributed by atoms with Crippen LogP contribution in [0.5, 0.6) is 0 Å². The lowest BCUT2D eigenvalue weighted by Gasteiger charge is -2.11. The third-order valence-corrected chi connectivity index (χ3v) is 4.21. The Kier molecular flexibility index (Phi) is 3.02. The smallest absolute Gasteiger partial charge is 0.0758 e. The average molecular weight is 279 g/mol. The average Bonchev–Trinajstić information content (AvgIpc) is 2.70. The van der Waals surface area contributed by atoms with E-state index in [1.54, 1.807) is 6.20 Å². The Balaban J connectivity index is 2.29. The summed E-state index contributed by atoms with van der Waals surface area (Å²) >= 11 is 12.4. The van der Waals surface area contributed by atoms with Gasteiger partial charge in [-0.05, 0) is 36.2 Å². The Bertz CT molecular complexity index is 611. The molecule has 2 N–H and O–H groups in total. The summed E-state index contributed by atoms with van der Waals surface area (Å²) in [6.07, 6.45) is 2.67. The quantitative estimate of drug-likeness (QED) is 0.906. The van der Waals surface area contributed by atoms with Crippen LogP contribution in [-0.4, -0.2) is 11.5 Å². The van der Waals surface area contributed by atoms with E-state index < -0.39 is 0 Å². The Morgan fingerprint density at radius 2 is 2.00 bits per heavy atom. The second-order valence-corrected chi connectivity index (χ2v) is 5.18. The highest BCUT2D eigenvalue weighted by Gasteiger charge is 2.31. The van der Waals surface area contributed by atoms with E-state index >= 15 is 0 Å². The van der Waals surface area contributed by atoms with Crippen LogP contribution in [0.15, 0.2) is 30.5 Å². The standard InChI is InChI=1S/C14H12Cl2N2/c15-11-4-3-9-8(5-6-17)10-2-1-7-18-14(10)12(9)13(11)16/h1-4,7-8H,5-6,17H2. The molecule has 1 unspecified atom stereocenters. The molecule has 92 valence electrons. The number of halogens is 2. The van der Waals surface area contributed by atoms with Gasteiger partial charge in [0.25, 0.3) is 0 Å². The number of nitrogens with zero attached hydrogens (tertiary/aromatic N) is 1. The lowest BCUT2D eigenvalue weighted by Crippen LogP contribution is -2.06. The molecule has 0 saturated carbocycles. The summed E-state index contributed by atoms with van der Waals surface area (Å²) in [5, 5.41) is 1.16. The number of pyridine rings is 1. The van der Waals surface area contributed by atoms with Crippen molar-refractivity contribution in [2.24, 2.45) is 5.73 Å². The molecule has 0 radical (unpaired) electrons. The van der Waals surface area contributed by atoms with Crippen molar-refractivity contribution in [1.82, 2.24) is 4.98 Å². The van der Waals surface area contributed by atoms with Gasteiger partial charge in [0.05, 0.1) is 15.7 Å². The molecule has 0 amide bonds. The fourth-order valence-corrected chi connectivity index (χ4v) is 3.07. The van der Waals surface area contributed by atoms with Crippen LogP contribution in [0.2, 0.25) is 10.0 Å². The largest absolute Gasteiger partial charge is 0.330 e. The third kappa shape index (κ3) is 1.64. The van der Waals surface area contributed by atoms with Gasteiger partial charge in [-0.25, -0.2) is 0 Å². The van der Waals surface area contributed by atoms with Gasteiger partial charge in [-0.15, -0.1) is 0 Å². The van der Waals surface area contributed by atoms with Crippen LogP contribution < -0.4 is 5.73 Å². The first kappa shape index (κ1) is 12.0. The minimum Gasteiger partial charge on any atom is -0.330 e. The normalized spacial score (nSPS) is 16.5. The molecule has 1 atom stereocenters. The van der Waals surface area contributed by atoms with E-state index in [4.69, 9.17) is 28.9 Å². The first-order valence-electron chi connectivity index (χ1n) is 5.87. The summed E-state index contributed by atoms with van der Waals surface area (Å²) in [5.74, 6) is 0.281. The van der Waals surface area contributed by atoms with Crippen LogP contribution in [0.4, 0.5) is 0 Å². The summed E-state index contributed by atoms with van der Waals surface area (Å²) in [4.78, 5) is 4.45. The molecule has 1 aliphatic carbocycles. The maximum Gasteiger partial charge on any atom is 0.0758 e. The van der Waals surface area contributed by atoms with Crippen molar-refractivity contribution < 1.29 is 0 Å². The fourth-order valence-electron chi connectivity index (χ4n) is 2.65. The molecule has 1 aromatic heterocycles. The van der Waals surface area contributed by atoms with E-state index in [2.05, 4.69) is 11.1 Å². The van der Waals surface area contributed by atoms with E-state index in [0.717, 1.165) is 17.7 Å². The van der Waals surface area contributed by atoms with Crippen molar-refractivity contribution in [1.29, 1.82) is 0 Å². The molecule has 2 nitrogen and oxygen atoms in total. The van der Waals surface area contributed by atoms with Crippen LogP contribution >= 0.6 is 23.2 Å². The van der Waals surface area contributed by atoms with Crippen molar-refractivity contribution in [2.45, 2.75) is 12.3 Å². The molecule has 1 aliphatic rings. The van der Waals surface area contributed by atoms with Crippen LogP contribution in [0.1, 0.15) is 23.5 Å². The van der Waals surface area contributed by atoms with Crippen molar-refractivity contribution >= 4 is 23.2 Å². The molecule has 0 saturated heterocycles. The Morgan fingerprint density at radius 3 is 2.78 bits per heavy atom. The molecular formula is C14H12Cl2N2. The van der Waals surface area contributed by atoms with Crippen molar-refractivity contribution in [3.63, 3.8) is 0 Å². The topological polar surface area (TPSA) is 38.9 Å². The summed E-state index contributed by atoms with van der Waals surface area (Å²) in [6, 6.07) is 7.92. The highest BCUT2D eigenvalue weighted by molar-refractivity contribution is 6.44. The zero-order valence-corrected chi connectivity index (χ0v) is 11.2. The van der Waals surface area contributed by atoms with Crippen LogP contribution in [0, 0.1) is 0 Å². The number of fused-ring (bicyclic) bond motifs is 3.